The fraction of sp³-hybridized carbons (Fsp3) is 0.568. The molecule has 10 heteroatoms. The van der Waals surface area contributed by atoms with Gasteiger partial charge in [0.1, 0.15) is 17.2 Å². The first kappa shape index (κ1) is 39.1. The lowest BCUT2D eigenvalue weighted by Gasteiger charge is -2.25. The van der Waals surface area contributed by atoms with Crippen LogP contribution in [0.4, 0.5) is 0 Å². The van der Waals surface area contributed by atoms with E-state index in [4.69, 9.17) is 28.4 Å². The summed E-state index contributed by atoms with van der Waals surface area (Å²) in [4.78, 5) is 46.9. The van der Waals surface area contributed by atoms with Crippen LogP contribution in [-0.2, 0) is 33.3 Å². The highest BCUT2D eigenvalue weighted by Crippen LogP contribution is 2.25. The molecular weight excluding hydrogens is 604 g/mol. The van der Waals surface area contributed by atoms with Crippen LogP contribution >= 0.6 is 0 Å². The van der Waals surface area contributed by atoms with Crippen molar-refractivity contribution in [2.75, 3.05) is 19.8 Å². The molecule has 0 saturated heterocycles. The number of carbonyl (C=O) groups excluding carboxylic acids is 4. The van der Waals surface area contributed by atoms with Crippen LogP contribution in [0.1, 0.15) is 116 Å². The smallest absolute Gasteiger partial charge is 0.392 e. The molecule has 0 radical (unpaired) electrons. The second-order valence-electron chi connectivity index (χ2n) is 11.9. The van der Waals surface area contributed by atoms with E-state index in [2.05, 4.69) is 13.8 Å². The summed E-state index contributed by atoms with van der Waals surface area (Å²) in [6.45, 7) is 8.83. The topological polar surface area (TPSA) is 124 Å². The molecule has 0 N–H and O–H groups in total. The summed E-state index contributed by atoms with van der Waals surface area (Å²) in [5.41, 5.74) is 0.503. The molecule has 0 amide bonds. The maximum atomic E-state index is 12.2. The Morgan fingerprint density at radius 1 is 0.638 bits per heavy atom. The van der Waals surface area contributed by atoms with Crippen molar-refractivity contribution in [3.05, 3.63) is 54.1 Å². The first-order valence-electron chi connectivity index (χ1n) is 16.8. The summed E-state index contributed by atoms with van der Waals surface area (Å²) in [6, 6.07) is 14.4. The highest BCUT2D eigenvalue weighted by molar-refractivity contribution is 5.89. The number of benzene rings is 2. The lowest BCUT2D eigenvalue weighted by atomic mass is 10.1. The van der Waals surface area contributed by atoms with Crippen molar-refractivity contribution >= 4 is 23.9 Å². The van der Waals surface area contributed by atoms with Gasteiger partial charge in [-0.05, 0) is 67.3 Å². The minimum atomic E-state index is -2.06. The third-order valence-corrected chi connectivity index (χ3v) is 7.43. The van der Waals surface area contributed by atoms with E-state index in [1.165, 1.54) is 26.2 Å². The van der Waals surface area contributed by atoms with Crippen LogP contribution in [0, 0.1) is 5.92 Å². The van der Waals surface area contributed by atoms with Gasteiger partial charge in [-0.15, -0.1) is 0 Å². The summed E-state index contributed by atoms with van der Waals surface area (Å²) in [5.74, 6) is -2.30. The number of hydrogen-bond acceptors (Lipinski definition) is 10. The van der Waals surface area contributed by atoms with Crippen LogP contribution in [0.2, 0.25) is 0 Å². The average Bonchev–Trinajstić information content (AvgIpc) is 3.03. The Balaban J connectivity index is 1.48. The predicted molar refractivity (Wildman–Crippen MR) is 177 cm³/mol. The zero-order valence-electron chi connectivity index (χ0n) is 28.7. The second-order valence-corrected chi connectivity index (χ2v) is 11.9. The van der Waals surface area contributed by atoms with Gasteiger partial charge in [-0.3, -0.25) is 9.59 Å². The van der Waals surface area contributed by atoms with Crippen molar-refractivity contribution in [1.29, 1.82) is 0 Å². The van der Waals surface area contributed by atoms with Crippen molar-refractivity contribution in [1.82, 2.24) is 0 Å². The summed E-state index contributed by atoms with van der Waals surface area (Å²) in [5, 5.41) is 0. The molecule has 10 nitrogen and oxygen atoms in total. The molecule has 0 aliphatic heterocycles. The van der Waals surface area contributed by atoms with Crippen molar-refractivity contribution in [2.24, 2.45) is 5.92 Å². The van der Waals surface area contributed by atoms with Crippen LogP contribution in [0.15, 0.2) is 48.5 Å². The molecule has 2 rings (SSSR count). The number of carbonyl (C=O) groups is 4. The van der Waals surface area contributed by atoms with E-state index in [0.29, 0.717) is 42.6 Å². The van der Waals surface area contributed by atoms with Gasteiger partial charge in [-0.2, -0.15) is 0 Å². The van der Waals surface area contributed by atoms with Crippen LogP contribution in [0.3, 0.4) is 0 Å². The van der Waals surface area contributed by atoms with Gasteiger partial charge in [-0.1, -0.05) is 71.6 Å². The van der Waals surface area contributed by atoms with E-state index in [1.807, 2.05) is 24.3 Å². The van der Waals surface area contributed by atoms with Crippen LogP contribution < -0.4 is 9.47 Å². The Hall–Kier alpha value is -4.08. The fourth-order valence-corrected chi connectivity index (χ4v) is 4.58. The first-order chi connectivity index (χ1) is 22.5. The third kappa shape index (κ3) is 16.4. The molecule has 0 spiro atoms. The average molecular weight is 657 g/mol. The lowest BCUT2D eigenvalue weighted by Crippen LogP contribution is -2.45. The van der Waals surface area contributed by atoms with Crippen molar-refractivity contribution in [3.63, 3.8) is 0 Å². The van der Waals surface area contributed by atoms with Crippen molar-refractivity contribution < 1.29 is 47.6 Å². The van der Waals surface area contributed by atoms with E-state index < -0.39 is 23.7 Å². The SMILES string of the molecule is CCC(C)COC(=O)c1ccc(Oc2ccc(OCCCCCCCCCCCCOC(=O)C(C)(OC(C)=O)OC(C)=O)cc2)cc1. The Labute approximate surface area is 279 Å². The largest absolute Gasteiger partial charge is 0.494 e. The molecule has 2 aromatic rings. The third-order valence-electron chi connectivity index (χ3n) is 7.43. The molecular formula is C37H52O10. The van der Waals surface area contributed by atoms with E-state index >= 15 is 0 Å². The van der Waals surface area contributed by atoms with Crippen LogP contribution in [0.5, 0.6) is 17.2 Å². The maximum Gasteiger partial charge on any atom is 0.392 e. The Kier molecular flexibility index (Phi) is 18.0. The number of unbranched alkanes of at least 4 members (excludes halogenated alkanes) is 9. The standard InChI is InChI=1S/C37H52O10/c1-6-28(2)27-44-35(40)31-17-19-33(20-18-31)45-34-23-21-32(22-24-34)42-25-15-13-11-9-7-8-10-12-14-16-26-43-36(41)37(5,46-29(3)38)47-30(4)39/h17-24,28H,6-16,25-27H2,1-5H3. The molecule has 0 bridgehead atoms. The van der Waals surface area contributed by atoms with Crippen LogP contribution in [0.25, 0.3) is 0 Å². The molecule has 0 aromatic heterocycles. The highest BCUT2D eigenvalue weighted by atomic mass is 16.8. The van der Waals surface area contributed by atoms with Gasteiger partial charge in [0.05, 0.1) is 25.4 Å². The van der Waals surface area contributed by atoms with Gasteiger partial charge in [0.2, 0.25) is 0 Å². The molecule has 47 heavy (non-hydrogen) atoms. The Bertz CT molecular complexity index is 1210. The van der Waals surface area contributed by atoms with E-state index in [-0.39, 0.29) is 12.6 Å². The monoisotopic (exact) mass is 656 g/mol. The van der Waals surface area contributed by atoms with E-state index in [1.54, 1.807) is 24.3 Å². The minimum absolute atomic E-state index is 0.171. The van der Waals surface area contributed by atoms with Gasteiger partial charge in [0.25, 0.3) is 0 Å². The first-order valence-corrected chi connectivity index (χ1v) is 16.8. The fourth-order valence-electron chi connectivity index (χ4n) is 4.58. The van der Waals surface area contributed by atoms with Gasteiger partial charge in [0, 0.05) is 20.8 Å². The summed E-state index contributed by atoms with van der Waals surface area (Å²) < 4.78 is 32.0. The highest BCUT2D eigenvalue weighted by Gasteiger charge is 2.42. The number of ether oxygens (including phenoxy) is 6. The van der Waals surface area contributed by atoms with Gasteiger partial charge in [-0.25, -0.2) is 9.59 Å². The number of rotatable bonds is 23. The molecule has 1 unspecified atom stereocenters. The zero-order chi connectivity index (χ0) is 34.5. The van der Waals surface area contributed by atoms with Gasteiger partial charge in [0.15, 0.2) is 0 Å². The Morgan fingerprint density at radius 2 is 1.09 bits per heavy atom. The predicted octanol–water partition coefficient (Wildman–Crippen LogP) is 8.35. The molecule has 1 atom stereocenters. The second kappa shape index (κ2) is 21.7. The Morgan fingerprint density at radius 3 is 1.57 bits per heavy atom. The molecule has 0 aliphatic rings. The summed E-state index contributed by atoms with van der Waals surface area (Å²) in [6.07, 6.45) is 11.6. The molecule has 0 saturated carbocycles. The molecule has 0 aliphatic carbocycles. The quantitative estimate of drug-likeness (QED) is 0.0499. The van der Waals surface area contributed by atoms with Gasteiger partial charge < -0.3 is 28.4 Å². The summed E-state index contributed by atoms with van der Waals surface area (Å²) >= 11 is 0. The molecule has 260 valence electrons. The summed E-state index contributed by atoms with van der Waals surface area (Å²) in [7, 11) is 0. The van der Waals surface area contributed by atoms with Gasteiger partial charge >= 0.3 is 29.7 Å². The number of hydrogen-bond donors (Lipinski definition) is 0. The van der Waals surface area contributed by atoms with Crippen molar-refractivity contribution in [2.45, 2.75) is 111 Å². The van der Waals surface area contributed by atoms with Crippen LogP contribution in [-0.4, -0.2) is 49.5 Å². The normalized spacial score (nSPS) is 11.7. The molecule has 2 aromatic carbocycles. The lowest BCUT2D eigenvalue weighted by molar-refractivity contribution is -0.232. The van der Waals surface area contributed by atoms with Crippen molar-refractivity contribution in [3.8, 4) is 17.2 Å². The minimum Gasteiger partial charge on any atom is -0.494 e. The number of esters is 4. The zero-order valence-corrected chi connectivity index (χ0v) is 28.7. The van der Waals surface area contributed by atoms with E-state index in [9.17, 15) is 19.2 Å². The van der Waals surface area contributed by atoms with E-state index in [0.717, 1.165) is 64.5 Å². The molecule has 0 heterocycles. The maximum absolute atomic E-state index is 12.2. The molecule has 0 fully saturated rings.